The molecule has 4 heteroatoms. The van der Waals surface area contributed by atoms with Crippen molar-refractivity contribution in [1.29, 1.82) is 0 Å². The largest absolute Gasteiger partial charge is 0.279 e. The van der Waals surface area contributed by atoms with Crippen LogP contribution in [-0.4, -0.2) is 21.7 Å². The molecular formula is C11H14N3P. The Labute approximate surface area is 91.2 Å². The zero-order chi connectivity index (χ0) is 10.9. The first-order valence-corrected chi connectivity index (χ1v) is 5.58. The molecule has 0 aliphatic carbocycles. The lowest BCUT2D eigenvalue weighted by atomic mass is 10.1. The number of aliphatic imine (C=N–C) groups is 1. The van der Waals surface area contributed by atoms with Crippen LogP contribution in [0.2, 0.25) is 0 Å². The van der Waals surface area contributed by atoms with Crippen molar-refractivity contribution in [2.24, 2.45) is 4.99 Å². The molecule has 1 aliphatic heterocycles. The molecule has 0 fully saturated rings. The first kappa shape index (κ1) is 10.4. The second-order valence-corrected chi connectivity index (χ2v) is 5.01. The number of rotatable bonds is 1. The minimum Gasteiger partial charge on any atom is -0.279 e. The summed E-state index contributed by atoms with van der Waals surface area (Å²) >= 11 is 0. The minimum atomic E-state index is -0.275. The monoisotopic (exact) mass is 219 g/mol. The second kappa shape index (κ2) is 3.82. The first-order valence-electron chi connectivity index (χ1n) is 5.00. The van der Waals surface area contributed by atoms with Crippen molar-refractivity contribution in [3.05, 3.63) is 22.3 Å². The molecule has 2 unspecified atom stereocenters. The fourth-order valence-corrected chi connectivity index (χ4v) is 1.86. The van der Waals surface area contributed by atoms with Gasteiger partial charge < -0.3 is 0 Å². The van der Waals surface area contributed by atoms with Crippen molar-refractivity contribution < 1.29 is 0 Å². The third kappa shape index (κ3) is 2.13. The van der Waals surface area contributed by atoms with Gasteiger partial charge >= 0.3 is 0 Å². The topological polar surface area (TPSA) is 38.1 Å². The normalized spacial score (nSPS) is 23.7. The second-order valence-electron chi connectivity index (χ2n) is 3.84. The molecular weight excluding hydrogens is 205 g/mol. The molecule has 1 aromatic rings. The van der Waals surface area contributed by atoms with Crippen LogP contribution >= 0.6 is 9.24 Å². The Morgan fingerprint density at radius 3 is 3.00 bits per heavy atom. The van der Waals surface area contributed by atoms with Crippen molar-refractivity contribution in [1.82, 2.24) is 10.2 Å². The van der Waals surface area contributed by atoms with E-state index in [9.17, 15) is 0 Å². The third-order valence-electron chi connectivity index (χ3n) is 2.40. The van der Waals surface area contributed by atoms with Crippen LogP contribution in [-0.2, 0) is 6.42 Å². The Morgan fingerprint density at radius 1 is 1.47 bits per heavy atom. The van der Waals surface area contributed by atoms with E-state index >= 15 is 0 Å². The van der Waals surface area contributed by atoms with Crippen LogP contribution in [0, 0.1) is 0 Å². The highest BCUT2D eigenvalue weighted by molar-refractivity contribution is 7.19. The van der Waals surface area contributed by atoms with Gasteiger partial charge in [0.25, 0.3) is 0 Å². The van der Waals surface area contributed by atoms with Gasteiger partial charge in [0, 0.05) is 11.4 Å². The summed E-state index contributed by atoms with van der Waals surface area (Å²) in [6.45, 7) is 4.14. The van der Waals surface area contributed by atoms with Gasteiger partial charge in [0.15, 0.2) is 0 Å². The molecule has 0 radical (unpaired) electrons. The van der Waals surface area contributed by atoms with E-state index in [2.05, 4.69) is 31.4 Å². The van der Waals surface area contributed by atoms with Gasteiger partial charge in [-0.05, 0) is 31.1 Å². The van der Waals surface area contributed by atoms with E-state index < -0.39 is 0 Å². The highest BCUT2D eigenvalue weighted by Crippen LogP contribution is 2.20. The van der Waals surface area contributed by atoms with Crippen LogP contribution in [0.25, 0.3) is 12.2 Å². The predicted molar refractivity (Wildman–Crippen MR) is 66.2 cm³/mol. The van der Waals surface area contributed by atoms with Crippen LogP contribution in [0.5, 0.6) is 0 Å². The smallest absolute Gasteiger partial charge is 0.0920 e. The van der Waals surface area contributed by atoms with Gasteiger partial charge in [0.1, 0.15) is 0 Å². The summed E-state index contributed by atoms with van der Waals surface area (Å²) in [5.74, 6) is 0. The Hall–Kier alpha value is -1.08. The number of aromatic nitrogens is 2. The van der Waals surface area contributed by atoms with Crippen molar-refractivity contribution in [2.75, 3.05) is 0 Å². The summed E-state index contributed by atoms with van der Waals surface area (Å²) < 4.78 is 0. The number of aryl methyl sites for hydroxylation is 1. The predicted octanol–water partition coefficient (Wildman–Crippen LogP) is 0.276. The molecule has 0 saturated heterocycles. The third-order valence-corrected chi connectivity index (χ3v) is 2.72. The maximum Gasteiger partial charge on any atom is 0.0920 e. The first-order chi connectivity index (χ1) is 7.12. The van der Waals surface area contributed by atoms with Crippen molar-refractivity contribution in [3.63, 3.8) is 0 Å². The average Bonchev–Trinajstić information content (AvgIpc) is 2.33. The van der Waals surface area contributed by atoms with E-state index in [0.29, 0.717) is 0 Å². The van der Waals surface area contributed by atoms with E-state index in [1.54, 1.807) is 0 Å². The Balaban J connectivity index is 2.78. The molecule has 15 heavy (non-hydrogen) atoms. The molecule has 1 aliphatic rings. The van der Waals surface area contributed by atoms with Crippen LogP contribution in [0.3, 0.4) is 0 Å². The maximum absolute atomic E-state index is 4.40. The molecule has 0 spiro atoms. The minimum absolute atomic E-state index is 0.275. The Morgan fingerprint density at radius 2 is 2.27 bits per heavy atom. The average molecular weight is 219 g/mol. The molecule has 0 aromatic carbocycles. The molecule has 0 amide bonds. The van der Waals surface area contributed by atoms with E-state index in [1.165, 1.54) is 5.56 Å². The molecule has 0 bridgehead atoms. The fraction of sp³-hybridized carbons (Fsp3) is 0.364. The maximum atomic E-state index is 4.40. The highest BCUT2D eigenvalue weighted by atomic mass is 31.0. The zero-order valence-corrected chi connectivity index (χ0v) is 10.1. The van der Waals surface area contributed by atoms with Gasteiger partial charge in [0.2, 0.25) is 0 Å². The number of fused-ring (bicyclic) bond motifs is 1. The van der Waals surface area contributed by atoms with Crippen LogP contribution in [0.1, 0.15) is 19.4 Å². The SMILES string of the molecule is CCc1cnnc2c1=CC=NC(C)(P)C=2. The number of hydrogen-bond acceptors (Lipinski definition) is 3. The Kier molecular flexibility index (Phi) is 2.66. The van der Waals surface area contributed by atoms with Gasteiger partial charge in [0.05, 0.1) is 16.8 Å². The summed E-state index contributed by atoms with van der Waals surface area (Å²) in [5.41, 5.74) is 1.21. The van der Waals surface area contributed by atoms with Crippen LogP contribution < -0.4 is 10.6 Å². The molecule has 0 saturated carbocycles. The van der Waals surface area contributed by atoms with Gasteiger partial charge in [-0.3, -0.25) is 4.99 Å². The summed E-state index contributed by atoms with van der Waals surface area (Å²) in [7, 11) is 2.71. The van der Waals surface area contributed by atoms with Gasteiger partial charge in [-0.2, -0.15) is 10.2 Å². The van der Waals surface area contributed by atoms with Crippen molar-refractivity contribution in [3.8, 4) is 0 Å². The molecule has 2 rings (SSSR count). The molecule has 0 N–H and O–H groups in total. The number of nitrogens with zero attached hydrogens (tertiary/aromatic N) is 3. The van der Waals surface area contributed by atoms with Crippen molar-refractivity contribution >= 4 is 27.6 Å². The summed E-state index contributed by atoms with van der Waals surface area (Å²) in [6.07, 6.45) is 8.66. The standard InChI is InChI=1S/C11H14N3P/c1-3-8-7-13-14-10-6-11(2,15)12-5-4-9(8)10/h4-7H,3,15H2,1-2H3. The van der Waals surface area contributed by atoms with Crippen molar-refractivity contribution in [2.45, 2.75) is 25.5 Å². The summed E-state index contributed by atoms with van der Waals surface area (Å²) in [4.78, 5) is 4.40. The molecule has 2 atom stereocenters. The molecule has 2 heterocycles. The van der Waals surface area contributed by atoms with Gasteiger partial charge in [-0.15, -0.1) is 9.24 Å². The van der Waals surface area contributed by atoms with Crippen LogP contribution in [0.15, 0.2) is 11.2 Å². The molecule has 78 valence electrons. The number of hydrogen-bond donors (Lipinski definition) is 0. The summed E-state index contributed by atoms with van der Waals surface area (Å²) in [6, 6.07) is 0. The van der Waals surface area contributed by atoms with E-state index in [4.69, 9.17) is 0 Å². The van der Waals surface area contributed by atoms with Crippen LogP contribution in [0.4, 0.5) is 0 Å². The molecule has 1 aromatic heterocycles. The fourth-order valence-electron chi connectivity index (χ4n) is 1.62. The van der Waals surface area contributed by atoms with E-state index in [-0.39, 0.29) is 5.28 Å². The van der Waals surface area contributed by atoms with Gasteiger partial charge in [-0.1, -0.05) is 6.92 Å². The molecule has 3 nitrogen and oxygen atoms in total. The lowest BCUT2D eigenvalue weighted by Crippen LogP contribution is -2.34. The van der Waals surface area contributed by atoms with Gasteiger partial charge in [-0.25, -0.2) is 0 Å². The lowest BCUT2D eigenvalue weighted by molar-refractivity contribution is 0.879. The Bertz CT molecular complexity index is 517. The van der Waals surface area contributed by atoms with E-state index in [0.717, 1.165) is 17.0 Å². The quantitative estimate of drug-likeness (QED) is 0.636. The zero-order valence-electron chi connectivity index (χ0n) is 8.94. The lowest BCUT2D eigenvalue weighted by Gasteiger charge is -2.11. The summed E-state index contributed by atoms with van der Waals surface area (Å²) in [5, 5.41) is 9.95. The van der Waals surface area contributed by atoms with E-state index in [1.807, 2.05) is 31.5 Å². The highest BCUT2D eigenvalue weighted by Gasteiger charge is 2.13.